The number of hydrogen-bond acceptors (Lipinski definition) is 4. The Morgan fingerprint density at radius 3 is 2.20 bits per heavy atom. The van der Waals surface area contributed by atoms with E-state index in [2.05, 4.69) is 58.7 Å². The minimum absolute atomic E-state index is 0.383. The highest BCUT2D eigenvalue weighted by Gasteiger charge is 2.25. The summed E-state index contributed by atoms with van der Waals surface area (Å²) in [7, 11) is 0. The van der Waals surface area contributed by atoms with E-state index in [-0.39, 0.29) is 6.10 Å². The van der Waals surface area contributed by atoms with Crippen LogP contribution in [-0.2, 0) is 0 Å². The first-order chi connectivity index (χ1) is 12.3. The minimum atomic E-state index is -0.383. The van der Waals surface area contributed by atoms with E-state index in [0.29, 0.717) is 19.1 Å². The lowest BCUT2D eigenvalue weighted by Crippen LogP contribution is -2.41. The lowest BCUT2D eigenvalue weighted by molar-refractivity contribution is 0.170. The van der Waals surface area contributed by atoms with Crippen molar-refractivity contribution in [1.29, 1.82) is 0 Å². The zero-order chi connectivity index (χ0) is 17.1. The van der Waals surface area contributed by atoms with E-state index in [0.717, 1.165) is 0 Å². The second-order valence-electron chi connectivity index (χ2n) is 7.05. The third-order valence-electron chi connectivity index (χ3n) is 5.17. The fourth-order valence-electron chi connectivity index (χ4n) is 3.86. The summed E-state index contributed by atoms with van der Waals surface area (Å²) in [4.78, 5) is 4.79. The van der Waals surface area contributed by atoms with Gasteiger partial charge in [-0.15, -0.1) is 0 Å². The Labute approximate surface area is 154 Å². The Balaban J connectivity index is 1.47. The van der Waals surface area contributed by atoms with E-state index in [9.17, 15) is 5.11 Å². The van der Waals surface area contributed by atoms with Gasteiger partial charge in [-0.3, -0.25) is 0 Å². The van der Waals surface area contributed by atoms with Gasteiger partial charge in [0.15, 0.2) is 0 Å². The first kappa shape index (κ1) is 17.0. The van der Waals surface area contributed by atoms with Crippen LogP contribution in [0.2, 0.25) is 0 Å². The Kier molecular flexibility index (Phi) is 5.30. The average Bonchev–Trinajstić information content (AvgIpc) is 2.67. The Morgan fingerprint density at radius 2 is 1.56 bits per heavy atom. The van der Waals surface area contributed by atoms with Crippen molar-refractivity contribution < 1.29 is 5.11 Å². The molecule has 0 amide bonds. The van der Waals surface area contributed by atoms with Crippen LogP contribution in [0.1, 0.15) is 32.1 Å². The maximum absolute atomic E-state index is 10.7. The Bertz CT molecular complexity index is 669. The largest absolute Gasteiger partial charge is 0.390 e. The molecule has 1 aliphatic carbocycles. The van der Waals surface area contributed by atoms with E-state index in [4.69, 9.17) is 0 Å². The van der Waals surface area contributed by atoms with E-state index in [1.54, 1.807) is 0 Å². The van der Waals surface area contributed by atoms with Crippen molar-refractivity contribution in [3.05, 3.63) is 48.5 Å². The lowest BCUT2D eigenvalue weighted by Gasteiger charge is -2.34. The number of fused-ring (bicyclic) bond motifs is 2. The summed E-state index contributed by atoms with van der Waals surface area (Å²) in [6.07, 6.45) is 6.11. The van der Waals surface area contributed by atoms with Crippen LogP contribution in [-0.4, -0.2) is 30.3 Å². The maximum Gasteiger partial charge on any atom is 0.0843 e. The number of para-hydroxylation sites is 2. The molecule has 1 saturated carbocycles. The Morgan fingerprint density at radius 1 is 0.960 bits per heavy atom. The highest BCUT2D eigenvalue weighted by Crippen LogP contribution is 2.47. The Hall–Kier alpha value is -1.49. The molecule has 0 aromatic heterocycles. The van der Waals surface area contributed by atoms with Gasteiger partial charge in [-0.25, -0.2) is 0 Å². The molecule has 1 heterocycles. The SMILES string of the molecule is O[C@H](CNC1CCCCC1)CN1c2ccccc2Sc2ccccc21. The van der Waals surface area contributed by atoms with Gasteiger partial charge in [-0.2, -0.15) is 0 Å². The average molecular weight is 355 g/mol. The smallest absolute Gasteiger partial charge is 0.0843 e. The van der Waals surface area contributed by atoms with Gasteiger partial charge in [-0.05, 0) is 37.1 Å². The van der Waals surface area contributed by atoms with Gasteiger partial charge >= 0.3 is 0 Å². The molecule has 2 aromatic carbocycles. The normalized spacial score (nSPS) is 18.5. The van der Waals surface area contributed by atoms with Crippen LogP contribution in [0.15, 0.2) is 58.3 Å². The molecule has 2 N–H and O–H groups in total. The molecule has 25 heavy (non-hydrogen) atoms. The third kappa shape index (κ3) is 3.86. The second-order valence-corrected chi connectivity index (χ2v) is 8.13. The van der Waals surface area contributed by atoms with E-state index in [1.807, 2.05) is 11.8 Å². The van der Waals surface area contributed by atoms with E-state index >= 15 is 0 Å². The summed E-state index contributed by atoms with van der Waals surface area (Å²) < 4.78 is 0. The van der Waals surface area contributed by atoms with Gasteiger partial charge in [0.2, 0.25) is 0 Å². The van der Waals surface area contributed by atoms with Gasteiger partial charge in [0.05, 0.1) is 24.0 Å². The third-order valence-corrected chi connectivity index (χ3v) is 6.30. The van der Waals surface area contributed by atoms with Crippen molar-refractivity contribution >= 4 is 23.1 Å². The predicted octanol–water partition coefficient (Wildman–Crippen LogP) is 4.57. The van der Waals surface area contributed by atoms with Crippen LogP contribution >= 0.6 is 11.8 Å². The van der Waals surface area contributed by atoms with E-state index in [1.165, 1.54) is 53.3 Å². The zero-order valence-corrected chi connectivity index (χ0v) is 15.3. The summed E-state index contributed by atoms with van der Waals surface area (Å²) >= 11 is 1.81. The van der Waals surface area contributed by atoms with Gasteiger partial charge in [0.1, 0.15) is 0 Å². The lowest BCUT2D eigenvalue weighted by atomic mass is 9.95. The van der Waals surface area contributed by atoms with Crippen LogP contribution in [0.4, 0.5) is 11.4 Å². The molecule has 2 aliphatic rings. The highest BCUT2D eigenvalue weighted by atomic mass is 32.2. The molecular weight excluding hydrogens is 328 g/mol. The fourth-order valence-corrected chi connectivity index (χ4v) is 4.96. The molecule has 3 nitrogen and oxygen atoms in total. The molecule has 132 valence electrons. The summed E-state index contributed by atoms with van der Waals surface area (Å²) in [5.74, 6) is 0. The van der Waals surface area contributed by atoms with Crippen LogP contribution in [0, 0.1) is 0 Å². The first-order valence-corrected chi connectivity index (χ1v) is 10.2. The number of hydrogen-bond donors (Lipinski definition) is 2. The number of β-amino-alcohol motifs (C(OH)–C–C–N with tert-alkyl or cyclic N) is 1. The number of aliphatic hydroxyl groups is 1. The fraction of sp³-hybridized carbons (Fsp3) is 0.429. The van der Waals surface area contributed by atoms with Crippen molar-refractivity contribution in [3.8, 4) is 0 Å². The molecule has 1 aliphatic heterocycles. The quantitative estimate of drug-likeness (QED) is 0.824. The summed E-state index contributed by atoms with van der Waals surface area (Å²) in [5, 5.41) is 14.2. The monoisotopic (exact) mass is 354 g/mol. The van der Waals surface area contributed by atoms with Crippen molar-refractivity contribution in [2.24, 2.45) is 0 Å². The first-order valence-electron chi connectivity index (χ1n) is 9.36. The topological polar surface area (TPSA) is 35.5 Å². The van der Waals surface area contributed by atoms with Crippen molar-refractivity contribution in [2.75, 3.05) is 18.0 Å². The molecule has 0 spiro atoms. The standard InChI is InChI=1S/C21H26N2OS/c24-17(14-22-16-8-2-1-3-9-16)15-23-18-10-4-6-12-20(18)25-21-13-7-5-11-19(21)23/h4-7,10-13,16-17,22,24H,1-3,8-9,14-15H2/t17-/m1/s1. The number of anilines is 2. The predicted molar refractivity (Wildman–Crippen MR) is 105 cm³/mol. The van der Waals surface area contributed by atoms with Crippen molar-refractivity contribution in [3.63, 3.8) is 0 Å². The number of nitrogens with zero attached hydrogens (tertiary/aromatic N) is 1. The van der Waals surface area contributed by atoms with Crippen LogP contribution in [0.5, 0.6) is 0 Å². The number of benzene rings is 2. The van der Waals surface area contributed by atoms with Crippen molar-refractivity contribution in [2.45, 2.75) is 54.0 Å². The molecular formula is C21H26N2OS. The molecule has 0 unspecified atom stereocenters. The minimum Gasteiger partial charge on any atom is -0.390 e. The van der Waals surface area contributed by atoms with E-state index < -0.39 is 0 Å². The van der Waals surface area contributed by atoms with Crippen LogP contribution < -0.4 is 10.2 Å². The molecule has 0 bridgehead atoms. The number of nitrogens with one attached hydrogen (secondary N) is 1. The maximum atomic E-state index is 10.7. The molecule has 1 fully saturated rings. The molecule has 1 atom stereocenters. The molecule has 0 saturated heterocycles. The molecule has 2 aromatic rings. The zero-order valence-electron chi connectivity index (χ0n) is 14.5. The van der Waals surface area contributed by atoms with Gasteiger partial charge < -0.3 is 15.3 Å². The molecule has 4 heteroatoms. The van der Waals surface area contributed by atoms with Crippen molar-refractivity contribution in [1.82, 2.24) is 5.32 Å². The molecule has 0 radical (unpaired) electrons. The number of aliphatic hydroxyl groups excluding tert-OH is 1. The van der Waals surface area contributed by atoms with Gasteiger partial charge in [0, 0.05) is 22.4 Å². The second kappa shape index (κ2) is 7.81. The highest BCUT2D eigenvalue weighted by molar-refractivity contribution is 7.99. The number of rotatable bonds is 5. The molecule has 4 rings (SSSR count). The summed E-state index contributed by atoms with van der Waals surface area (Å²) in [5.41, 5.74) is 2.39. The van der Waals surface area contributed by atoms with Gasteiger partial charge in [0.25, 0.3) is 0 Å². The van der Waals surface area contributed by atoms with Crippen LogP contribution in [0.25, 0.3) is 0 Å². The summed E-state index contributed by atoms with van der Waals surface area (Å²) in [6.45, 7) is 1.28. The van der Waals surface area contributed by atoms with Crippen LogP contribution in [0.3, 0.4) is 0 Å². The summed E-state index contributed by atoms with van der Waals surface area (Å²) in [6, 6.07) is 17.5. The van der Waals surface area contributed by atoms with Gasteiger partial charge in [-0.1, -0.05) is 55.3 Å².